The number of hydrogen-bond acceptors (Lipinski definition) is 2. The van der Waals surface area contributed by atoms with Crippen molar-refractivity contribution in [1.82, 2.24) is 0 Å². The number of carbonyl (C=O) groups excluding carboxylic acids is 1. The lowest BCUT2D eigenvalue weighted by Crippen LogP contribution is -2.04. The van der Waals surface area contributed by atoms with Gasteiger partial charge in [0.05, 0.1) is 12.2 Å². The van der Waals surface area contributed by atoms with E-state index < -0.39 is 17.9 Å². The van der Waals surface area contributed by atoms with Gasteiger partial charge in [-0.05, 0) is 19.1 Å². The molecule has 0 saturated heterocycles. The minimum atomic E-state index is -2.42. The second-order valence-electron chi connectivity index (χ2n) is 2.88. The molecular weight excluding hydrogens is 221 g/mol. The number of esters is 1. The van der Waals surface area contributed by atoms with Crippen molar-refractivity contribution >= 4 is 11.8 Å². The summed E-state index contributed by atoms with van der Waals surface area (Å²) in [6, 6.07) is 4.85. The maximum Gasteiger partial charge on any atom is 0.338 e. The maximum atomic E-state index is 12.9. The van der Waals surface area contributed by atoms with Crippen LogP contribution in [0.25, 0.3) is 5.83 Å². The molecule has 86 valence electrons. The molecule has 1 aromatic carbocycles. The smallest absolute Gasteiger partial charge is 0.338 e. The molecule has 2 nitrogen and oxygen atoms in total. The van der Waals surface area contributed by atoms with E-state index in [1.54, 1.807) is 6.92 Å². The van der Waals surface area contributed by atoms with Gasteiger partial charge in [0.15, 0.2) is 5.83 Å². The minimum absolute atomic E-state index is 0.0377. The lowest BCUT2D eigenvalue weighted by molar-refractivity contribution is 0.0526. The average molecular weight is 230 g/mol. The zero-order valence-electron chi connectivity index (χ0n) is 8.47. The van der Waals surface area contributed by atoms with E-state index in [0.29, 0.717) is 0 Å². The van der Waals surface area contributed by atoms with Gasteiger partial charge in [0.1, 0.15) is 0 Å². The summed E-state index contributed by atoms with van der Waals surface area (Å²) in [5.41, 5.74) is -0.304. The average Bonchev–Trinajstić information content (AvgIpc) is 2.28. The third kappa shape index (κ3) is 2.85. The number of benzene rings is 1. The third-order valence-electron chi connectivity index (χ3n) is 1.79. The summed E-state index contributed by atoms with van der Waals surface area (Å²) in [5.74, 6) is -2.30. The quantitative estimate of drug-likeness (QED) is 0.744. The van der Waals surface area contributed by atoms with Gasteiger partial charge in [0, 0.05) is 5.56 Å². The molecule has 0 fully saturated rings. The largest absolute Gasteiger partial charge is 0.462 e. The molecule has 0 spiro atoms. The summed E-state index contributed by atoms with van der Waals surface area (Å²) in [6.45, 7) is 1.78. The molecule has 0 bridgehead atoms. The van der Waals surface area contributed by atoms with Crippen molar-refractivity contribution in [1.29, 1.82) is 0 Å². The third-order valence-corrected chi connectivity index (χ3v) is 1.79. The molecule has 0 N–H and O–H groups in total. The zero-order chi connectivity index (χ0) is 12.1. The van der Waals surface area contributed by atoms with Crippen LogP contribution in [0.5, 0.6) is 0 Å². The molecule has 16 heavy (non-hydrogen) atoms. The van der Waals surface area contributed by atoms with Gasteiger partial charge < -0.3 is 4.74 Å². The summed E-state index contributed by atoms with van der Waals surface area (Å²) >= 11 is 0. The Balaban J connectivity index is 3.05. The standard InChI is InChI=1S/C11H9F3O2/c1-2-16-11(15)8-5-3-4-7(6-8)9(12)10(13)14/h3-6H,2H2,1H3. The monoisotopic (exact) mass is 230 g/mol. The second kappa shape index (κ2) is 5.34. The molecule has 0 saturated carbocycles. The number of hydrogen-bond donors (Lipinski definition) is 0. The van der Waals surface area contributed by atoms with E-state index in [2.05, 4.69) is 4.74 Å². The van der Waals surface area contributed by atoms with E-state index in [1.165, 1.54) is 12.1 Å². The molecule has 0 radical (unpaired) electrons. The van der Waals surface area contributed by atoms with E-state index in [4.69, 9.17) is 0 Å². The number of ether oxygens (including phenoxy) is 1. The maximum absolute atomic E-state index is 12.9. The first-order valence-electron chi connectivity index (χ1n) is 4.54. The van der Waals surface area contributed by atoms with E-state index in [-0.39, 0.29) is 17.7 Å². The van der Waals surface area contributed by atoms with E-state index in [9.17, 15) is 18.0 Å². The Morgan fingerprint density at radius 3 is 2.44 bits per heavy atom. The zero-order valence-corrected chi connectivity index (χ0v) is 8.47. The molecule has 0 atom stereocenters. The fraction of sp³-hybridized carbons (Fsp3) is 0.182. The molecule has 0 aliphatic carbocycles. The lowest BCUT2D eigenvalue weighted by atomic mass is 10.1. The van der Waals surface area contributed by atoms with Crippen molar-refractivity contribution in [2.75, 3.05) is 6.61 Å². The molecule has 0 unspecified atom stereocenters. The van der Waals surface area contributed by atoms with Crippen LogP contribution in [0, 0.1) is 0 Å². The topological polar surface area (TPSA) is 26.3 Å². The number of carbonyl (C=O) groups is 1. The first-order valence-corrected chi connectivity index (χ1v) is 4.54. The predicted molar refractivity (Wildman–Crippen MR) is 52.6 cm³/mol. The normalized spacial score (nSPS) is 9.75. The molecule has 1 aromatic rings. The van der Waals surface area contributed by atoms with Gasteiger partial charge in [-0.1, -0.05) is 12.1 Å². The number of rotatable bonds is 3. The van der Waals surface area contributed by atoms with Crippen LogP contribution in [0.15, 0.2) is 30.3 Å². The van der Waals surface area contributed by atoms with Crippen molar-refractivity contribution in [2.45, 2.75) is 6.92 Å². The summed E-state index contributed by atoms with van der Waals surface area (Å²) < 4.78 is 41.5. The van der Waals surface area contributed by atoms with Gasteiger partial charge in [-0.25, -0.2) is 9.18 Å². The molecule has 0 amide bonds. The van der Waals surface area contributed by atoms with Gasteiger partial charge in [0.2, 0.25) is 0 Å². The first kappa shape index (κ1) is 12.3. The molecule has 0 aromatic heterocycles. The Hall–Kier alpha value is -1.78. The van der Waals surface area contributed by atoms with Crippen molar-refractivity contribution in [3.8, 4) is 0 Å². The van der Waals surface area contributed by atoms with Crippen LogP contribution < -0.4 is 0 Å². The summed E-state index contributed by atoms with van der Waals surface area (Å²) in [4.78, 5) is 11.2. The molecule has 0 aliphatic rings. The van der Waals surface area contributed by atoms with Crippen LogP contribution in [0.2, 0.25) is 0 Å². The van der Waals surface area contributed by atoms with Gasteiger partial charge in [-0.2, -0.15) is 8.78 Å². The second-order valence-corrected chi connectivity index (χ2v) is 2.88. The van der Waals surface area contributed by atoms with Crippen molar-refractivity contribution in [3.63, 3.8) is 0 Å². The minimum Gasteiger partial charge on any atom is -0.462 e. The highest BCUT2D eigenvalue weighted by Crippen LogP contribution is 2.22. The van der Waals surface area contributed by atoms with Crippen molar-refractivity contribution < 1.29 is 22.7 Å². The van der Waals surface area contributed by atoms with Crippen molar-refractivity contribution in [2.24, 2.45) is 0 Å². The van der Waals surface area contributed by atoms with Crippen LogP contribution >= 0.6 is 0 Å². The predicted octanol–water partition coefficient (Wildman–Crippen LogP) is 3.40. The van der Waals surface area contributed by atoms with Crippen LogP contribution in [0.4, 0.5) is 13.2 Å². The van der Waals surface area contributed by atoms with Crippen LogP contribution in [0.1, 0.15) is 22.8 Å². The Bertz CT molecular complexity index is 423. The van der Waals surface area contributed by atoms with Crippen molar-refractivity contribution in [3.05, 3.63) is 41.5 Å². The molecule has 1 rings (SSSR count). The van der Waals surface area contributed by atoms with Crippen LogP contribution in [-0.4, -0.2) is 12.6 Å². The van der Waals surface area contributed by atoms with E-state index in [0.717, 1.165) is 12.1 Å². The highest BCUT2D eigenvalue weighted by atomic mass is 19.3. The lowest BCUT2D eigenvalue weighted by Gasteiger charge is -2.03. The fourth-order valence-electron chi connectivity index (χ4n) is 1.11. The van der Waals surface area contributed by atoms with Crippen LogP contribution in [-0.2, 0) is 4.74 Å². The fourth-order valence-corrected chi connectivity index (χ4v) is 1.11. The Morgan fingerprint density at radius 2 is 1.88 bits per heavy atom. The van der Waals surface area contributed by atoms with E-state index in [1.807, 2.05) is 0 Å². The number of halogens is 3. The summed E-state index contributed by atoms with van der Waals surface area (Å²) in [7, 11) is 0. The molecule has 0 aliphatic heterocycles. The van der Waals surface area contributed by atoms with E-state index >= 15 is 0 Å². The highest BCUT2D eigenvalue weighted by molar-refractivity contribution is 5.90. The molecular formula is C11H9F3O2. The molecule has 0 heterocycles. The Labute approximate surface area is 90.3 Å². The van der Waals surface area contributed by atoms with Gasteiger partial charge in [-0.3, -0.25) is 0 Å². The van der Waals surface area contributed by atoms with Gasteiger partial charge in [-0.15, -0.1) is 0 Å². The summed E-state index contributed by atoms with van der Waals surface area (Å²) in [5, 5.41) is 0. The van der Waals surface area contributed by atoms with Crippen LogP contribution in [0.3, 0.4) is 0 Å². The molecule has 5 heteroatoms. The summed E-state index contributed by atoms with van der Waals surface area (Å²) in [6.07, 6.45) is -2.42. The Morgan fingerprint density at radius 1 is 1.25 bits per heavy atom. The Kier molecular flexibility index (Phi) is 4.10. The van der Waals surface area contributed by atoms with Gasteiger partial charge in [0.25, 0.3) is 0 Å². The highest BCUT2D eigenvalue weighted by Gasteiger charge is 2.12. The van der Waals surface area contributed by atoms with Gasteiger partial charge >= 0.3 is 12.0 Å². The first-order chi connectivity index (χ1) is 7.56. The SMILES string of the molecule is CCOC(=O)c1cccc(C(F)=C(F)F)c1.